The zero-order valence-electron chi connectivity index (χ0n) is 13.7. The number of benzene rings is 4. The number of aryl methyl sites for hydroxylation is 1. The fourth-order valence-electron chi connectivity index (χ4n) is 3.86. The van der Waals surface area contributed by atoms with Gasteiger partial charge in [-0.2, -0.15) is 0 Å². The number of fused-ring (bicyclic) bond motifs is 6. The van der Waals surface area contributed by atoms with Gasteiger partial charge in [0.15, 0.2) is 5.88 Å². The highest BCUT2D eigenvalue weighted by atomic mass is 16.5. The molecule has 0 spiro atoms. The van der Waals surface area contributed by atoms with Crippen LogP contribution in [-0.2, 0) is 7.05 Å². The lowest BCUT2D eigenvalue weighted by Crippen LogP contribution is -1.93. The smallest absolute Gasteiger partial charge is 0.193 e. The summed E-state index contributed by atoms with van der Waals surface area (Å²) < 4.78 is 7.62. The van der Waals surface area contributed by atoms with E-state index in [-0.39, 0.29) is 0 Å². The van der Waals surface area contributed by atoms with E-state index in [1.165, 1.54) is 43.2 Å². The van der Waals surface area contributed by atoms with E-state index in [0.717, 1.165) is 5.88 Å². The maximum absolute atomic E-state index is 5.49. The van der Waals surface area contributed by atoms with Crippen LogP contribution in [0.25, 0.3) is 43.2 Å². The highest BCUT2D eigenvalue weighted by Gasteiger charge is 2.11. The van der Waals surface area contributed by atoms with E-state index in [1.54, 1.807) is 7.11 Å². The Hall–Kier alpha value is -3.00. The van der Waals surface area contributed by atoms with Gasteiger partial charge in [-0.05, 0) is 39.1 Å². The average molecular weight is 311 g/mol. The summed E-state index contributed by atoms with van der Waals surface area (Å²) in [5, 5.41) is 8.90. The first-order chi connectivity index (χ1) is 11.8. The third-order valence-corrected chi connectivity index (χ3v) is 5.04. The molecule has 2 heteroatoms. The molecule has 1 heterocycles. The molecule has 0 bridgehead atoms. The summed E-state index contributed by atoms with van der Waals surface area (Å²) in [6.45, 7) is 0. The summed E-state index contributed by atoms with van der Waals surface area (Å²) in [7, 11) is 3.78. The Balaban J connectivity index is 1.98. The first-order valence-electron chi connectivity index (χ1n) is 8.14. The van der Waals surface area contributed by atoms with Crippen LogP contribution in [0.3, 0.4) is 0 Å². The molecule has 24 heavy (non-hydrogen) atoms. The number of aromatic nitrogens is 1. The van der Waals surface area contributed by atoms with Crippen LogP contribution in [0, 0.1) is 0 Å². The van der Waals surface area contributed by atoms with E-state index < -0.39 is 0 Å². The van der Waals surface area contributed by atoms with Gasteiger partial charge >= 0.3 is 0 Å². The summed E-state index contributed by atoms with van der Waals surface area (Å²) in [5.41, 5.74) is 1.22. The van der Waals surface area contributed by atoms with Crippen molar-refractivity contribution in [2.75, 3.05) is 7.11 Å². The number of ether oxygens (including phenoxy) is 1. The minimum Gasteiger partial charge on any atom is -0.482 e. The first-order valence-corrected chi connectivity index (χ1v) is 8.14. The van der Waals surface area contributed by atoms with E-state index in [4.69, 9.17) is 4.74 Å². The molecule has 0 saturated heterocycles. The van der Waals surface area contributed by atoms with Crippen molar-refractivity contribution in [1.29, 1.82) is 0 Å². The van der Waals surface area contributed by atoms with Crippen molar-refractivity contribution in [3.05, 3.63) is 66.7 Å². The van der Waals surface area contributed by atoms with Crippen LogP contribution in [0.5, 0.6) is 5.88 Å². The van der Waals surface area contributed by atoms with Gasteiger partial charge in [-0.25, -0.2) is 0 Å². The molecule has 116 valence electrons. The topological polar surface area (TPSA) is 14.2 Å². The molecule has 0 fully saturated rings. The third kappa shape index (κ3) is 1.71. The second kappa shape index (κ2) is 4.75. The molecule has 0 atom stereocenters. The molecular formula is C22H17NO. The summed E-state index contributed by atoms with van der Waals surface area (Å²) in [6, 6.07) is 24.1. The van der Waals surface area contributed by atoms with Gasteiger partial charge in [-0.3, -0.25) is 0 Å². The van der Waals surface area contributed by atoms with Gasteiger partial charge in [0.05, 0.1) is 12.6 Å². The largest absolute Gasteiger partial charge is 0.482 e. The predicted molar refractivity (Wildman–Crippen MR) is 102 cm³/mol. The fourth-order valence-corrected chi connectivity index (χ4v) is 3.86. The Morgan fingerprint density at radius 1 is 0.667 bits per heavy atom. The molecule has 2 nitrogen and oxygen atoms in total. The van der Waals surface area contributed by atoms with Crippen LogP contribution >= 0.6 is 0 Å². The van der Waals surface area contributed by atoms with Crippen molar-refractivity contribution in [3.63, 3.8) is 0 Å². The summed E-state index contributed by atoms with van der Waals surface area (Å²) in [5.74, 6) is 0.885. The Kier molecular flexibility index (Phi) is 2.66. The zero-order valence-corrected chi connectivity index (χ0v) is 13.7. The number of hydrogen-bond acceptors (Lipinski definition) is 1. The SMILES string of the molecule is COc1cc2ccc3c4cc5ccccc5cc4ccc3c2n1C. The monoisotopic (exact) mass is 311 g/mol. The summed E-state index contributed by atoms with van der Waals surface area (Å²) >= 11 is 0. The standard InChI is InChI=1S/C22H17NO/c1-23-21(24-2)13-17-8-9-18-19(22(17)23)10-7-16-11-14-5-3-4-6-15(14)12-20(16)18/h3-13H,1-2H3. The van der Waals surface area contributed by atoms with Gasteiger partial charge in [0.2, 0.25) is 0 Å². The van der Waals surface area contributed by atoms with Crippen LogP contribution in [0.15, 0.2) is 66.7 Å². The van der Waals surface area contributed by atoms with Crippen LogP contribution in [0.4, 0.5) is 0 Å². The van der Waals surface area contributed by atoms with E-state index in [9.17, 15) is 0 Å². The third-order valence-electron chi connectivity index (χ3n) is 5.04. The van der Waals surface area contributed by atoms with E-state index in [1.807, 2.05) is 0 Å². The molecule has 5 rings (SSSR count). The van der Waals surface area contributed by atoms with Crippen molar-refractivity contribution in [2.24, 2.45) is 7.05 Å². The van der Waals surface area contributed by atoms with Crippen LogP contribution in [0.1, 0.15) is 0 Å². The van der Waals surface area contributed by atoms with Crippen molar-refractivity contribution >= 4 is 43.2 Å². The molecule has 4 aromatic carbocycles. The Morgan fingerprint density at radius 3 is 2.17 bits per heavy atom. The zero-order chi connectivity index (χ0) is 16.3. The molecule has 5 aromatic rings. The average Bonchev–Trinajstić information content (AvgIpc) is 2.96. The van der Waals surface area contributed by atoms with Crippen molar-refractivity contribution < 1.29 is 4.74 Å². The highest BCUT2D eigenvalue weighted by Crippen LogP contribution is 2.35. The summed E-state index contributed by atoms with van der Waals surface area (Å²) in [6.07, 6.45) is 0. The molecule has 1 aromatic heterocycles. The number of nitrogens with zero attached hydrogens (tertiary/aromatic N) is 1. The number of rotatable bonds is 1. The highest BCUT2D eigenvalue weighted by molar-refractivity contribution is 6.18. The quantitative estimate of drug-likeness (QED) is 0.288. The lowest BCUT2D eigenvalue weighted by Gasteiger charge is -2.09. The molecule has 0 aliphatic rings. The maximum atomic E-state index is 5.49. The lowest BCUT2D eigenvalue weighted by atomic mass is 9.97. The van der Waals surface area contributed by atoms with Crippen molar-refractivity contribution in [1.82, 2.24) is 4.57 Å². The van der Waals surface area contributed by atoms with E-state index >= 15 is 0 Å². The van der Waals surface area contributed by atoms with Gasteiger partial charge in [-0.15, -0.1) is 0 Å². The van der Waals surface area contributed by atoms with Gasteiger partial charge in [0.25, 0.3) is 0 Å². The summed E-state index contributed by atoms with van der Waals surface area (Å²) in [4.78, 5) is 0. The fraction of sp³-hybridized carbons (Fsp3) is 0.0909. The minimum atomic E-state index is 0.885. The van der Waals surface area contributed by atoms with Gasteiger partial charge < -0.3 is 9.30 Å². The Morgan fingerprint density at radius 2 is 1.38 bits per heavy atom. The molecule has 0 aliphatic heterocycles. The molecule has 0 aliphatic carbocycles. The normalized spacial score (nSPS) is 11.8. The minimum absolute atomic E-state index is 0.885. The Bertz CT molecular complexity index is 1250. The van der Waals surface area contributed by atoms with Crippen LogP contribution < -0.4 is 4.74 Å². The van der Waals surface area contributed by atoms with E-state index in [0.29, 0.717) is 0 Å². The molecule has 0 unspecified atom stereocenters. The maximum Gasteiger partial charge on any atom is 0.193 e. The van der Waals surface area contributed by atoms with Crippen LogP contribution in [-0.4, -0.2) is 11.7 Å². The van der Waals surface area contributed by atoms with Crippen LogP contribution in [0.2, 0.25) is 0 Å². The van der Waals surface area contributed by atoms with E-state index in [2.05, 4.69) is 78.3 Å². The number of hydrogen-bond donors (Lipinski definition) is 0. The second-order valence-electron chi connectivity index (χ2n) is 6.33. The Labute approximate surface area is 139 Å². The van der Waals surface area contributed by atoms with Crippen molar-refractivity contribution in [3.8, 4) is 5.88 Å². The first kappa shape index (κ1) is 13.4. The molecule has 0 saturated carbocycles. The molecule has 0 radical (unpaired) electrons. The van der Waals surface area contributed by atoms with Gasteiger partial charge in [0, 0.05) is 23.9 Å². The van der Waals surface area contributed by atoms with Gasteiger partial charge in [-0.1, -0.05) is 48.5 Å². The number of methoxy groups -OCH3 is 1. The van der Waals surface area contributed by atoms with Crippen molar-refractivity contribution in [2.45, 2.75) is 0 Å². The molecular weight excluding hydrogens is 294 g/mol. The molecule has 0 amide bonds. The second-order valence-corrected chi connectivity index (χ2v) is 6.33. The lowest BCUT2D eigenvalue weighted by molar-refractivity contribution is 0.385. The predicted octanol–water partition coefficient (Wildman–Crippen LogP) is 5.65. The van der Waals surface area contributed by atoms with Gasteiger partial charge in [0.1, 0.15) is 0 Å². The molecule has 0 N–H and O–H groups in total.